The zero-order chi connectivity index (χ0) is 13.1. The lowest BCUT2D eigenvalue weighted by atomic mass is 10.0. The van der Waals surface area contributed by atoms with Crippen LogP contribution < -0.4 is 10.5 Å². The highest BCUT2D eigenvalue weighted by Gasteiger charge is 2.33. The second kappa shape index (κ2) is 5.18. The SMILES string of the molecule is CCC(N)C(=O)c1ccccc1OC(F)(F)F. The van der Waals surface area contributed by atoms with Crippen molar-refractivity contribution in [1.29, 1.82) is 0 Å². The molecule has 0 aromatic heterocycles. The van der Waals surface area contributed by atoms with Crippen LogP contribution in [0.15, 0.2) is 24.3 Å². The van der Waals surface area contributed by atoms with E-state index in [1.807, 2.05) is 0 Å². The number of para-hydroxylation sites is 1. The summed E-state index contributed by atoms with van der Waals surface area (Å²) in [7, 11) is 0. The van der Waals surface area contributed by atoms with E-state index in [-0.39, 0.29) is 5.56 Å². The van der Waals surface area contributed by atoms with Gasteiger partial charge in [0, 0.05) is 0 Å². The van der Waals surface area contributed by atoms with Crippen molar-refractivity contribution in [2.75, 3.05) is 0 Å². The third-order valence-corrected chi connectivity index (χ3v) is 2.15. The van der Waals surface area contributed by atoms with Crippen molar-refractivity contribution in [3.05, 3.63) is 29.8 Å². The van der Waals surface area contributed by atoms with Gasteiger partial charge < -0.3 is 10.5 Å². The molecule has 0 radical (unpaired) electrons. The smallest absolute Gasteiger partial charge is 0.405 e. The van der Waals surface area contributed by atoms with Crippen molar-refractivity contribution >= 4 is 5.78 Å². The Bertz CT molecular complexity index is 404. The third-order valence-electron chi connectivity index (χ3n) is 2.15. The van der Waals surface area contributed by atoms with Crippen molar-refractivity contribution in [3.63, 3.8) is 0 Å². The molecule has 1 aromatic carbocycles. The van der Waals surface area contributed by atoms with Gasteiger partial charge in [-0.25, -0.2) is 0 Å². The third kappa shape index (κ3) is 3.74. The van der Waals surface area contributed by atoms with Crippen molar-refractivity contribution < 1.29 is 22.7 Å². The van der Waals surface area contributed by atoms with E-state index in [0.29, 0.717) is 6.42 Å². The predicted molar refractivity (Wildman–Crippen MR) is 55.7 cm³/mol. The minimum Gasteiger partial charge on any atom is -0.405 e. The van der Waals surface area contributed by atoms with Gasteiger partial charge in [0.25, 0.3) is 0 Å². The number of hydrogen-bond acceptors (Lipinski definition) is 3. The van der Waals surface area contributed by atoms with E-state index in [1.165, 1.54) is 18.2 Å². The molecule has 94 valence electrons. The van der Waals surface area contributed by atoms with E-state index >= 15 is 0 Å². The molecule has 1 unspecified atom stereocenters. The molecule has 6 heteroatoms. The summed E-state index contributed by atoms with van der Waals surface area (Å²) in [5.74, 6) is -1.08. The van der Waals surface area contributed by atoms with Gasteiger partial charge in [-0.1, -0.05) is 19.1 Å². The average Bonchev–Trinajstić information content (AvgIpc) is 2.25. The zero-order valence-corrected chi connectivity index (χ0v) is 9.12. The van der Waals surface area contributed by atoms with E-state index in [4.69, 9.17) is 5.73 Å². The van der Waals surface area contributed by atoms with Gasteiger partial charge in [-0.15, -0.1) is 13.2 Å². The maximum absolute atomic E-state index is 12.1. The van der Waals surface area contributed by atoms with E-state index in [9.17, 15) is 18.0 Å². The van der Waals surface area contributed by atoms with E-state index in [0.717, 1.165) is 6.07 Å². The van der Waals surface area contributed by atoms with Gasteiger partial charge in [-0.3, -0.25) is 4.79 Å². The highest BCUT2D eigenvalue weighted by Crippen LogP contribution is 2.27. The first-order valence-electron chi connectivity index (χ1n) is 4.99. The summed E-state index contributed by atoms with van der Waals surface area (Å²) < 4.78 is 40.1. The molecule has 1 rings (SSSR count). The highest BCUT2D eigenvalue weighted by molar-refractivity contribution is 6.02. The number of carbonyl (C=O) groups is 1. The maximum Gasteiger partial charge on any atom is 0.573 e. The number of benzene rings is 1. The first-order chi connectivity index (χ1) is 7.85. The summed E-state index contributed by atoms with van der Waals surface area (Å²) in [6.45, 7) is 1.68. The van der Waals surface area contributed by atoms with Crippen LogP contribution in [-0.4, -0.2) is 18.2 Å². The summed E-state index contributed by atoms with van der Waals surface area (Å²) in [6, 6.07) is 4.34. The number of hydrogen-bond donors (Lipinski definition) is 1. The van der Waals surface area contributed by atoms with Gasteiger partial charge in [-0.05, 0) is 18.6 Å². The predicted octanol–water partition coefficient (Wildman–Crippen LogP) is 2.51. The molecule has 0 spiro atoms. The van der Waals surface area contributed by atoms with Crippen LogP contribution in [0.5, 0.6) is 5.75 Å². The first-order valence-corrected chi connectivity index (χ1v) is 4.99. The summed E-state index contributed by atoms with van der Waals surface area (Å²) >= 11 is 0. The molecule has 1 aromatic rings. The molecule has 1 atom stereocenters. The molecule has 0 aliphatic rings. The molecule has 17 heavy (non-hydrogen) atoms. The molecule has 0 aliphatic heterocycles. The number of Topliss-reactive ketones (excluding diaryl/α,β-unsaturated/α-hetero) is 1. The Labute approximate surface area is 96.4 Å². The molecular formula is C11H12F3NO2. The number of rotatable bonds is 4. The summed E-state index contributed by atoms with van der Waals surface area (Å²) in [6.07, 6.45) is -4.48. The Morgan fingerprint density at radius 2 is 2.00 bits per heavy atom. The van der Waals surface area contributed by atoms with Gasteiger partial charge in [0.05, 0.1) is 11.6 Å². The summed E-state index contributed by atoms with van der Waals surface area (Å²) in [5.41, 5.74) is 5.34. The highest BCUT2D eigenvalue weighted by atomic mass is 19.4. The minimum absolute atomic E-state index is 0.154. The molecule has 0 heterocycles. The van der Waals surface area contributed by atoms with Crippen molar-refractivity contribution in [2.24, 2.45) is 5.73 Å². The summed E-state index contributed by atoms with van der Waals surface area (Å²) in [5, 5.41) is 0. The molecule has 0 bridgehead atoms. The van der Waals surface area contributed by atoms with E-state index in [1.54, 1.807) is 6.92 Å². The van der Waals surface area contributed by atoms with Crippen LogP contribution in [-0.2, 0) is 0 Å². The molecule has 0 amide bonds. The van der Waals surface area contributed by atoms with Crippen LogP contribution in [0.2, 0.25) is 0 Å². The zero-order valence-electron chi connectivity index (χ0n) is 9.12. The number of ketones is 1. The maximum atomic E-state index is 12.1. The first kappa shape index (κ1) is 13.5. The second-order valence-corrected chi connectivity index (χ2v) is 3.42. The Morgan fingerprint density at radius 1 is 1.41 bits per heavy atom. The molecule has 3 nitrogen and oxygen atoms in total. The van der Waals surface area contributed by atoms with Gasteiger partial charge in [0.15, 0.2) is 5.78 Å². The average molecular weight is 247 g/mol. The van der Waals surface area contributed by atoms with Crippen molar-refractivity contribution in [3.8, 4) is 5.75 Å². The van der Waals surface area contributed by atoms with Crippen LogP contribution in [0.1, 0.15) is 23.7 Å². The lowest BCUT2D eigenvalue weighted by Gasteiger charge is -2.14. The number of halogens is 3. The van der Waals surface area contributed by atoms with Crippen molar-refractivity contribution in [1.82, 2.24) is 0 Å². The minimum atomic E-state index is -4.83. The lowest BCUT2D eigenvalue weighted by Crippen LogP contribution is -2.30. The normalized spacial score (nSPS) is 13.2. The lowest BCUT2D eigenvalue weighted by molar-refractivity contribution is -0.274. The van der Waals surface area contributed by atoms with Crippen LogP contribution in [0.3, 0.4) is 0 Å². The van der Waals surface area contributed by atoms with Gasteiger partial charge in [0.2, 0.25) is 0 Å². The summed E-state index contributed by atoms with van der Waals surface area (Å²) in [4.78, 5) is 11.7. The number of nitrogens with two attached hydrogens (primary N) is 1. The topological polar surface area (TPSA) is 52.3 Å². The van der Waals surface area contributed by atoms with Gasteiger partial charge in [-0.2, -0.15) is 0 Å². The number of ether oxygens (including phenoxy) is 1. The fraction of sp³-hybridized carbons (Fsp3) is 0.364. The van der Waals surface area contributed by atoms with Gasteiger partial charge >= 0.3 is 6.36 Å². The van der Waals surface area contributed by atoms with Crippen LogP contribution in [0, 0.1) is 0 Å². The molecule has 0 saturated carbocycles. The Hall–Kier alpha value is -1.56. The molecule has 0 saturated heterocycles. The Kier molecular flexibility index (Phi) is 4.11. The molecular weight excluding hydrogens is 235 g/mol. The number of carbonyl (C=O) groups excluding carboxylic acids is 1. The Balaban J connectivity index is 3.04. The Morgan fingerprint density at radius 3 is 2.53 bits per heavy atom. The van der Waals surface area contributed by atoms with E-state index < -0.39 is 23.9 Å². The standard InChI is InChI=1S/C11H12F3NO2/c1-2-8(15)10(16)7-5-3-4-6-9(7)17-11(12,13)14/h3-6,8H,2,15H2,1H3. The molecule has 0 aliphatic carbocycles. The fourth-order valence-electron chi connectivity index (χ4n) is 1.27. The number of alkyl halides is 3. The fourth-order valence-corrected chi connectivity index (χ4v) is 1.27. The van der Waals surface area contributed by atoms with Crippen LogP contribution in [0.4, 0.5) is 13.2 Å². The quantitative estimate of drug-likeness (QED) is 0.832. The van der Waals surface area contributed by atoms with Crippen molar-refractivity contribution in [2.45, 2.75) is 25.7 Å². The molecule has 2 N–H and O–H groups in total. The largest absolute Gasteiger partial charge is 0.573 e. The molecule has 0 fully saturated rings. The monoisotopic (exact) mass is 247 g/mol. The van der Waals surface area contributed by atoms with Crippen LogP contribution >= 0.6 is 0 Å². The van der Waals surface area contributed by atoms with Gasteiger partial charge in [0.1, 0.15) is 5.75 Å². The van der Waals surface area contributed by atoms with E-state index in [2.05, 4.69) is 4.74 Å². The second-order valence-electron chi connectivity index (χ2n) is 3.42. The van der Waals surface area contributed by atoms with Crippen LogP contribution in [0.25, 0.3) is 0 Å².